The van der Waals surface area contributed by atoms with Gasteiger partial charge in [-0.2, -0.15) is 0 Å². The minimum atomic E-state index is -3.63. The number of sulfonamides is 1. The molecule has 1 aromatic rings. The van der Waals surface area contributed by atoms with Gasteiger partial charge in [0.05, 0.1) is 11.5 Å². The second kappa shape index (κ2) is 9.15. The van der Waals surface area contributed by atoms with Crippen LogP contribution in [0.15, 0.2) is 29.2 Å². The molecule has 136 valence electrons. The maximum absolute atomic E-state index is 12.7. The van der Waals surface area contributed by atoms with Crippen LogP contribution in [0.4, 0.5) is 0 Å². The summed E-state index contributed by atoms with van der Waals surface area (Å²) in [5.74, 6) is 0.114. The summed E-state index contributed by atoms with van der Waals surface area (Å²) in [5, 5.41) is 0. The van der Waals surface area contributed by atoms with Gasteiger partial charge in [0, 0.05) is 31.8 Å². The van der Waals surface area contributed by atoms with E-state index in [0.29, 0.717) is 31.2 Å². The van der Waals surface area contributed by atoms with Crippen LogP contribution >= 0.6 is 0 Å². The molecule has 0 saturated heterocycles. The average Bonchev–Trinajstić information content (AvgIpc) is 2.49. The standard InChI is InChI=1S/C17H28N2O4S/c1-13(2)12-19(9-10-23-5)17(20)15-7-6-8-16(11-15)24(21,22)18-14(3)4/h6-8,11,13-14,18H,9-10,12H2,1-5H3. The van der Waals surface area contributed by atoms with E-state index in [2.05, 4.69) is 4.72 Å². The summed E-state index contributed by atoms with van der Waals surface area (Å²) >= 11 is 0. The largest absolute Gasteiger partial charge is 0.383 e. The normalized spacial score (nSPS) is 12.0. The second-order valence-electron chi connectivity index (χ2n) is 6.44. The number of hydrogen-bond donors (Lipinski definition) is 1. The molecule has 0 aliphatic rings. The molecule has 0 spiro atoms. The van der Waals surface area contributed by atoms with Gasteiger partial charge in [0.25, 0.3) is 5.91 Å². The summed E-state index contributed by atoms with van der Waals surface area (Å²) in [6.45, 7) is 9.05. The molecule has 1 amide bonds. The van der Waals surface area contributed by atoms with Gasteiger partial charge in [-0.3, -0.25) is 4.79 Å². The Hall–Kier alpha value is -1.44. The number of methoxy groups -OCH3 is 1. The molecular formula is C17H28N2O4S. The first-order valence-corrected chi connectivity index (χ1v) is 9.56. The lowest BCUT2D eigenvalue weighted by atomic mass is 10.1. The van der Waals surface area contributed by atoms with E-state index in [1.807, 2.05) is 13.8 Å². The number of ether oxygens (including phenoxy) is 1. The minimum Gasteiger partial charge on any atom is -0.383 e. The zero-order valence-electron chi connectivity index (χ0n) is 15.1. The summed E-state index contributed by atoms with van der Waals surface area (Å²) in [4.78, 5) is 14.5. The Balaban J connectivity index is 3.07. The van der Waals surface area contributed by atoms with Crippen LogP contribution in [0.1, 0.15) is 38.1 Å². The fourth-order valence-electron chi connectivity index (χ4n) is 2.28. The number of rotatable bonds is 9. The first-order valence-electron chi connectivity index (χ1n) is 8.08. The monoisotopic (exact) mass is 356 g/mol. The van der Waals surface area contributed by atoms with E-state index in [1.54, 1.807) is 38.0 Å². The molecule has 1 rings (SSSR count). The molecule has 0 heterocycles. The molecule has 0 unspecified atom stereocenters. The van der Waals surface area contributed by atoms with Gasteiger partial charge >= 0.3 is 0 Å². The van der Waals surface area contributed by atoms with Gasteiger partial charge in [-0.15, -0.1) is 0 Å². The van der Waals surface area contributed by atoms with Crippen LogP contribution in [0.3, 0.4) is 0 Å². The lowest BCUT2D eigenvalue weighted by Gasteiger charge is -2.24. The van der Waals surface area contributed by atoms with E-state index in [0.717, 1.165) is 0 Å². The molecule has 0 aliphatic heterocycles. The van der Waals surface area contributed by atoms with Crippen molar-refractivity contribution in [2.24, 2.45) is 5.92 Å². The Bertz CT molecular complexity index is 642. The predicted octanol–water partition coefficient (Wildman–Crippen LogP) is 2.12. The second-order valence-corrected chi connectivity index (χ2v) is 8.16. The van der Waals surface area contributed by atoms with Crippen LogP contribution in [0.5, 0.6) is 0 Å². The Morgan fingerprint density at radius 1 is 1.25 bits per heavy atom. The molecule has 0 bridgehead atoms. The van der Waals surface area contributed by atoms with Gasteiger partial charge in [0.15, 0.2) is 0 Å². The van der Waals surface area contributed by atoms with Gasteiger partial charge in [-0.1, -0.05) is 19.9 Å². The highest BCUT2D eigenvalue weighted by Gasteiger charge is 2.20. The Morgan fingerprint density at radius 2 is 1.92 bits per heavy atom. The highest BCUT2D eigenvalue weighted by atomic mass is 32.2. The Labute approximate surface area is 145 Å². The third-order valence-corrected chi connectivity index (χ3v) is 4.88. The number of amides is 1. The first kappa shape index (κ1) is 20.6. The van der Waals surface area contributed by atoms with Crippen molar-refractivity contribution >= 4 is 15.9 Å². The SMILES string of the molecule is COCCN(CC(C)C)C(=O)c1cccc(S(=O)(=O)NC(C)C)c1. The van der Waals surface area contributed by atoms with Crippen LogP contribution in [0.25, 0.3) is 0 Å². The Kier molecular flexibility index (Phi) is 7.86. The number of carbonyl (C=O) groups excluding carboxylic acids is 1. The smallest absolute Gasteiger partial charge is 0.253 e. The van der Waals surface area contributed by atoms with Crippen LogP contribution in [-0.2, 0) is 14.8 Å². The van der Waals surface area contributed by atoms with Crippen molar-refractivity contribution in [2.45, 2.75) is 38.6 Å². The summed E-state index contributed by atoms with van der Waals surface area (Å²) in [7, 11) is -2.04. The topological polar surface area (TPSA) is 75.7 Å². The van der Waals surface area contributed by atoms with Crippen LogP contribution < -0.4 is 4.72 Å². The van der Waals surface area contributed by atoms with Crippen molar-refractivity contribution in [2.75, 3.05) is 26.8 Å². The number of benzene rings is 1. The summed E-state index contributed by atoms with van der Waals surface area (Å²) in [6.07, 6.45) is 0. The van der Waals surface area contributed by atoms with E-state index in [4.69, 9.17) is 4.74 Å². The van der Waals surface area contributed by atoms with E-state index in [9.17, 15) is 13.2 Å². The molecule has 0 radical (unpaired) electrons. The quantitative estimate of drug-likeness (QED) is 0.735. The van der Waals surface area contributed by atoms with E-state index in [1.165, 1.54) is 12.1 Å². The van der Waals surface area contributed by atoms with Crippen molar-refractivity contribution in [1.82, 2.24) is 9.62 Å². The molecule has 0 aromatic heterocycles. The molecule has 7 heteroatoms. The van der Waals surface area contributed by atoms with Gasteiger partial charge in [0.2, 0.25) is 10.0 Å². The highest BCUT2D eigenvalue weighted by Crippen LogP contribution is 2.15. The van der Waals surface area contributed by atoms with E-state index in [-0.39, 0.29) is 16.8 Å². The molecule has 1 aromatic carbocycles. The lowest BCUT2D eigenvalue weighted by molar-refractivity contribution is 0.0672. The van der Waals surface area contributed by atoms with Crippen LogP contribution in [0.2, 0.25) is 0 Å². The average molecular weight is 356 g/mol. The molecular weight excluding hydrogens is 328 g/mol. The molecule has 6 nitrogen and oxygen atoms in total. The molecule has 0 atom stereocenters. The van der Waals surface area contributed by atoms with Gasteiger partial charge in [0.1, 0.15) is 0 Å². The fourth-order valence-corrected chi connectivity index (χ4v) is 3.57. The third kappa shape index (κ3) is 6.22. The van der Waals surface area contributed by atoms with Crippen molar-refractivity contribution in [1.29, 1.82) is 0 Å². The van der Waals surface area contributed by atoms with Crippen LogP contribution in [-0.4, -0.2) is 52.1 Å². The lowest BCUT2D eigenvalue weighted by Crippen LogP contribution is -2.37. The molecule has 0 aliphatic carbocycles. The molecule has 1 N–H and O–H groups in total. The summed E-state index contributed by atoms with van der Waals surface area (Å²) in [5.41, 5.74) is 0.360. The minimum absolute atomic E-state index is 0.0956. The zero-order valence-corrected chi connectivity index (χ0v) is 15.9. The van der Waals surface area contributed by atoms with E-state index < -0.39 is 10.0 Å². The van der Waals surface area contributed by atoms with Crippen molar-refractivity contribution in [3.8, 4) is 0 Å². The van der Waals surface area contributed by atoms with Crippen molar-refractivity contribution < 1.29 is 17.9 Å². The maximum Gasteiger partial charge on any atom is 0.253 e. The summed E-state index contributed by atoms with van der Waals surface area (Å²) in [6, 6.07) is 5.92. The number of nitrogens with zero attached hydrogens (tertiary/aromatic N) is 1. The first-order chi connectivity index (χ1) is 11.2. The third-order valence-electron chi connectivity index (χ3n) is 3.22. The number of carbonyl (C=O) groups is 1. The zero-order chi connectivity index (χ0) is 18.3. The fraction of sp³-hybridized carbons (Fsp3) is 0.588. The maximum atomic E-state index is 12.7. The van der Waals surface area contributed by atoms with Gasteiger partial charge in [-0.25, -0.2) is 13.1 Å². The van der Waals surface area contributed by atoms with Gasteiger partial charge < -0.3 is 9.64 Å². The van der Waals surface area contributed by atoms with Gasteiger partial charge in [-0.05, 0) is 38.0 Å². The van der Waals surface area contributed by atoms with E-state index >= 15 is 0 Å². The highest BCUT2D eigenvalue weighted by molar-refractivity contribution is 7.89. The van der Waals surface area contributed by atoms with Crippen molar-refractivity contribution in [3.05, 3.63) is 29.8 Å². The van der Waals surface area contributed by atoms with Crippen molar-refractivity contribution in [3.63, 3.8) is 0 Å². The summed E-state index contributed by atoms with van der Waals surface area (Å²) < 4.78 is 32.1. The number of nitrogens with one attached hydrogen (secondary N) is 1. The Morgan fingerprint density at radius 3 is 2.46 bits per heavy atom. The molecule has 24 heavy (non-hydrogen) atoms. The number of hydrogen-bond acceptors (Lipinski definition) is 4. The molecule has 0 saturated carbocycles. The molecule has 0 fully saturated rings. The van der Waals surface area contributed by atoms with Crippen LogP contribution in [0, 0.1) is 5.92 Å². The predicted molar refractivity (Wildman–Crippen MR) is 94.5 cm³/mol.